The molecule has 0 bridgehead atoms. The molecular weight excluding hydrogens is 459 g/mol. The van der Waals surface area contributed by atoms with E-state index in [1.807, 2.05) is 24.3 Å². The minimum absolute atomic E-state index is 0.163. The number of fused-ring (bicyclic) bond motifs is 1. The molecule has 0 radical (unpaired) electrons. The third-order valence-electron chi connectivity index (χ3n) is 5.69. The van der Waals surface area contributed by atoms with Gasteiger partial charge in [0, 0.05) is 17.0 Å². The Morgan fingerprint density at radius 1 is 1.19 bits per heavy atom. The van der Waals surface area contributed by atoms with E-state index in [2.05, 4.69) is 19.2 Å². The van der Waals surface area contributed by atoms with Crippen LogP contribution in [-0.4, -0.2) is 32.7 Å². The third kappa shape index (κ3) is 5.27. The monoisotopic (exact) mass is 484 g/mol. The van der Waals surface area contributed by atoms with Crippen LogP contribution in [0.1, 0.15) is 44.7 Å². The zero-order valence-corrected chi connectivity index (χ0v) is 20.0. The topological polar surface area (TPSA) is 75.7 Å². The molecule has 0 aliphatic carbocycles. The van der Waals surface area contributed by atoms with Gasteiger partial charge in [0.2, 0.25) is 15.9 Å². The molecule has 0 aromatic heterocycles. The number of halogens is 2. The van der Waals surface area contributed by atoms with Crippen LogP contribution in [0.4, 0.5) is 5.69 Å². The summed E-state index contributed by atoms with van der Waals surface area (Å²) in [5.41, 5.74) is 0.648. The highest BCUT2D eigenvalue weighted by Gasteiger charge is 2.39. The van der Waals surface area contributed by atoms with E-state index in [-0.39, 0.29) is 22.4 Å². The fourth-order valence-electron chi connectivity index (χ4n) is 3.86. The van der Waals surface area contributed by atoms with E-state index in [0.717, 1.165) is 34.7 Å². The summed E-state index contributed by atoms with van der Waals surface area (Å²) in [6, 6.07) is 11.8. The largest absolute Gasteiger partial charge is 0.487 e. The first-order chi connectivity index (χ1) is 14.6. The van der Waals surface area contributed by atoms with Crippen LogP contribution in [0.15, 0.2) is 42.5 Å². The summed E-state index contributed by atoms with van der Waals surface area (Å²) in [5.74, 6) is 0.296. The molecule has 3 rings (SSSR count). The van der Waals surface area contributed by atoms with Crippen LogP contribution in [0.2, 0.25) is 10.0 Å². The highest BCUT2D eigenvalue weighted by atomic mass is 35.5. The number of amides is 1. The Morgan fingerprint density at radius 2 is 1.87 bits per heavy atom. The second kappa shape index (κ2) is 9.27. The number of nitrogens with zero attached hydrogens (tertiary/aromatic N) is 1. The van der Waals surface area contributed by atoms with Crippen LogP contribution >= 0.6 is 23.2 Å². The van der Waals surface area contributed by atoms with E-state index in [1.165, 1.54) is 12.1 Å². The molecule has 1 amide bonds. The van der Waals surface area contributed by atoms with Crippen molar-refractivity contribution in [3.8, 4) is 5.75 Å². The van der Waals surface area contributed by atoms with Crippen molar-refractivity contribution in [2.45, 2.75) is 44.8 Å². The average molecular weight is 485 g/mol. The number of rotatable bonds is 7. The first-order valence-electron chi connectivity index (χ1n) is 10.1. The molecule has 2 aromatic rings. The maximum absolute atomic E-state index is 13.0. The van der Waals surface area contributed by atoms with E-state index in [4.69, 9.17) is 27.9 Å². The molecule has 31 heavy (non-hydrogen) atoms. The van der Waals surface area contributed by atoms with Crippen molar-refractivity contribution in [1.29, 1.82) is 0 Å². The van der Waals surface area contributed by atoms with E-state index in [1.54, 1.807) is 6.07 Å². The number of hydrogen-bond acceptors (Lipinski definition) is 4. The van der Waals surface area contributed by atoms with E-state index >= 15 is 0 Å². The maximum atomic E-state index is 13.0. The van der Waals surface area contributed by atoms with Crippen LogP contribution in [0.3, 0.4) is 0 Å². The zero-order valence-electron chi connectivity index (χ0n) is 17.7. The van der Waals surface area contributed by atoms with E-state index in [9.17, 15) is 13.2 Å². The molecular formula is C22H26Cl2N2O4S. The van der Waals surface area contributed by atoms with E-state index < -0.39 is 22.5 Å². The maximum Gasteiger partial charge on any atom is 0.241 e. The van der Waals surface area contributed by atoms with Gasteiger partial charge in [0.05, 0.1) is 23.0 Å². The van der Waals surface area contributed by atoms with Gasteiger partial charge in [-0.15, -0.1) is 0 Å². The Balaban J connectivity index is 1.88. The lowest BCUT2D eigenvalue weighted by molar-refractivity contribution is -0.121. The summed E-state index contributed by atoms with van der Waals surface area (Å²) >= 11 is 12.2. The third-order valence-corrected chi connectivity index (χ3v) is 7.37. The number of para-hydroxylation sites is 1. The number of carbonyl (C=O) groups excluding carboxylic acids is 1. The van der Waals surface area contributed by atoms with Crippen molar-refractivity contribution >= 4 is 44.8 Å². The molecule has 0 saturated heterocycles. The van der Waals surface area contributed by atoms with Crippen LogP contribution in [0.25, 0.3) is 0 Å². The number of anilines is 1. The molecule has 1 heterocycles. The number of sulfonamides is 1. The molecule has 0 unspecified atom stereocenters. The predicted molar refractivity (Wildman–Crippen MR) is 125 cm³/mol. The SMILES string of the molecule is CCC1(CC)C[C@H](NC(=O)CN(c2cc(Cl)ccc2Cl)S(C)(=O)=O)c2ccccc2O1. The molecule has 1 aliphatic rings. The normalized spacial score (nSPS) is 17.4. The highest BCUT2D eigenvalue weighted by Crippen LogP contribution is 2.42. The lowest BCUT2D eigenvalue weighted by Gasteiger charge is -2.41. The molecule has 1 aliphatic heterocycles. The zero-order chi connectivity index (χ0) is 22.8. The number of ether oxygens (including phenoxy) is 1. The predicted octanol–water partition coefficient (Wildman–Crippen LogP) is 4.96. The number of carbonyl (C=O) groups is 1. The van der Waals surface area contributed by atoms with Crippen LogP contribution in [0, 0.1) is 0 Å². The Bertz CT molecular complexity index is 1070. The fraction of sp³-hybridized carbons (Fsp3) is 0.409. The van der Waals surface area contributed by atoms with Crippen molar-refractivity contribution in [1.82, 2.24) is 5.32 Å². The Hall–Kier alpha value is -1.96. The van der Waals surface area contributed by atoms with Crippen LogP contribution in [-0.2, 0) is 14.8 Å². The summed E-state index contributed by atoms with van der Waals surface area (Å²) in [7, 11) is -3.78. The van der Waals surface area contributed by atoms with Gasteiger partial charge in [-0.1, -0.05) is 55.2 Å². The first kappa shape index (κ1) is 23.7. The van der Waals surface area contributed by atoms with Crippen LogP contribution < -0.4 is 14.4 Å². The van der Waals surface area contributed by atoms with Gasteiger partial charge in [0.15, 0.2) is 0 Å². The van der Waals surface area contributed by atoms with Crippen molar-refractivity contribution < 1.29 is 17.9 Å². The van der Waals surface area contributed by atoms with Crippen molar-refractivity contribution in [2.75, 3.05) is 17.1 Å². The number of hydrogen-bond donors (Lipinski definition) is 1. The van der Waals surface area contributed by atoms with Crippen molar-refractivity contribution in [3.63, 3.8) is 0 Å². The molecule has 0 spiro atoms. The van der Waals surface area contributed by atoms with Gasteiger partial charge in [-0.05, 0) is 37.1 Å². The fourth-order valence-corrected chi connectivity index (χ4v) is 5.15. The van der Waals surface area contributed by atoms with Gasteiger partial charge < -0.3 is 10.1 Å². The smallest absolute Gasteiger partial charge is 0.241 e. The molecule has 0 fully saturated rings. The molecule has 1 N–H and O–H groups in total. The van der Waals surface area contributed by atoms with Gasteiger partial charge in [-0.3, -0.25) is 9.10 Å². The molecule has 1 atom stereocenters. The Labute approximate surface area is 193 Å². The minimum atomic E-state index is -3.78. The van der Waals surface area contributed by atoms with Crippen LogP contribution in [0.5, 0.6) is 5.75 Å². The minimum Gasteiger partial charge on any atom is -0.487 e. The second-order valence-corrected chi connectivity index (χ2v) is 10.5. The summed E-state index contributed by atoms with van der Waals surface area (Å²) in [4.78, 5) is 13.0. The summed E-state index contributed by atoms with van der Waals surface area (Å²) in [5, 5.41) is 3.52. The van der Waals surface area contributed by atoms with Crippen molar-refractivity contribution in [3.05, 3.63) is 58.1 Å². The summed E-state index contributed by atoms with van der Waals surface area (Å²) in [6.45, 7) is 3.70. The molecule has 0 saturated carbocycles. The quantitative estimate of drug-likeness (QED) is 0.602. The number of benzene rings is 2. The van der Waals surface area contributed by atoms with Gasteiger partial charge in [-0.25, -0.2) is 8.42 Å². The number of nitrogens with one attached hydrogen (secondary N) is 1. The van der Waals surface area contributed by atoms with Gasteiger partial charge in [0.1, 0.15) is 17.9 Å². The molecule has 6 nitrogen and oxygen atoms in total. The molecule has 9 heteroatoms. The lowest BCUT2D eigenvalue weighted by atomic mass is 9.83. The lowest BCUT2D eigenvalue weighted by Crippen LogP contribution is -2.47. The first-order valence-corrected chi connectivity index (χ1v) is 12.7. The average Bonchev–Trinajstić information content (AvgIpc) is 2.73. The van der Waals surface area contributed by atoms with Gasteiger partial charge in [0.25, 0.3) is 0 Å². The molecule has 2 aromatic carbocycles. The van der Waals surface area contributed by atoms with E-state index in [0.29, 0.717) is 11.4 Å². The van der Waals surface area contributed by atoms with Gasteiger partial charge >= 0.3 is 0 Å². The summed E-state index contributed by atoms with van der Waals surface area (Å²) in [6.07, 6.45) is 3.20. The van der Waals surface area contributed by atoms with Crippen molar-refractivity contribution in [2.24, 2.45) is 0 Å². The Kier molecular flexibility index (Phi) is 7.08. The second-order valence-electron chi connectivity index (χ2n) is 7.72. The summed E-state index contributed by atoms with van der Waals surface area (Å²) < 4.78 is 32.1. The highest BCUT2D eigenvalue weighted by molar-refractivity contribution is 7.92. The Morgan fingerprint density at radius 3 is 2.52 bits per heavy atom. The van der Waals surface area contributed by atoms with Gasteiger partial charge in [-0.2, -0.15) is 0 Å². The molecule has 168 valence electrons. The standard InChI is InChI=1S/C22H26Cl2N2O4S/c1-4-22(5-2)13-18(16-8-6-7-9-20(16)30-22)25-21(27)14-26(31(3,28)29)19-12-15(23)10-11-17(19)24/h6-12,18H,4-5,13-14H2,1-3H3,(H,25,27)/t18-/m0/s1.